The number of nitrogens with zero attached hydrogens (tertiary/aromatic N) is 1. The molecule has 112 valence electrons. The van der Waals surface area contributed by atoms with E-state index in [1.165, 1.54) is 0 Å². The second-order valence-electron chi connectivity index (χ2n) is 4.80. The van der Waals surface area contributed by atoms with E-state index in [4.69, 9.17) is 4.74 Å². The lowest BCUT2D eigenvalue weighted by atomic mass is 10.2. The average molecular weight is 300 g/mol. The maximum atomic E-state index is 12.0. The summed E-state index contributed by atoms with van der Waals surface area (Å²) in [6.07, 6.45) is 0. The number of benzene rings is 1. The molecule has 2 N–H and O–H groups in total. The molecule has 1 aromatic carbocycles. The molecule has 1 heterocycles. The number of anilines is 1. The number of amides is 1. The van der Waals surface area contributed by atoms with Gasteiger partial charge in [-0.05, 0) is 19.1 Å². The Labute approximate surface area is 126 Å². The summed E-state index contributed by atoms with van der Waals surface area (Å²) in [5, 5.41) is 6.22. The molecule has 0 aromatic heterocycles. The largest absolute Gasteiger partial charge is 0.497 e. The topological polar surface area (TPSA) is 53.6 Å². The van der Waals surface area contributed by atoms with Crippen LogP contribution in [0.4, 0.5) is 5.69 Å². The summed E-state index contributed by atoms with van der Waals surface area (Å²) in [5.41, 5.74) is 0.770. The van der Waals surface area contributed by atoms with E-state index >= 15 is 0 Å². The number of hydrogen-bond acceptors (Lipinski definition) is 4. The first-order valence-electron chi connectivity index (χ1n) is 6.57. The highest BCUT2D eigenvalue weighted by atomic mass is 35.5. The highest BCUT2D eigenvalue weighted by molar-refractivity contribution is 5.92. The normalized spacial score (nSPS) is 19.0. The third-order valence-corrected chi connectivity index (χ3v) is 3.34. The second kappa shape index (κ2) is 8.09. The lowest BCUT2D eigenvalue weighted by Crippen LogP contribution is -2.51. The van der Waals surface area contributed by atoms with Gasteiger partial charge in [-0.2, -0.15) is 0 Å². The number of carbonyl (C=O) groups excluding carboxylic acids is 1. The molecule has 1 saturated heterocycles. The van der Waals surface area contributed by atoms with Gasteiger partial charge in [0, 0.05) is 37.4 Å². The molecule has 2 rings (SSSR count). The zero-order valence-electron chi connectivity index (χ0n) is 11.9. The molecule has 0 bridgehead atoms. The number of methoxy groups -OCH3 is 1. The quantitative estimate of drug-likeness (QED) is 0.881. The van der Waals surface area contributed by atoms with E-state index < -0.39 is 0 Å². The van der Waals surface area contributed by atoms with Crippen molar-refractivity contribution in [2.24, 2.45) is 0 Å². The monoisotopic (exact) mass is 299 g/mol. The minimum absolute atomic E-state index is 0. The molecule has 20 heavy (non-hydrogen) atoms. The van der Waals surface area contributed by atoms with Crippen molar-refractivity contribution in [1.29, 1.82) is 0 Å². The fourth-order valence-electron chi connectivity index (χ4n) is 2.20. The highest BCUT2D eigenvalue weighted by Crippen LogP contribution is 2.16. The maximum absolute atomic E-state index is 12.0. The number of rotatable bonds is 4. The van der Waals surface area contributed by atoms with Crippen LogP contribution in [-0.2, 0) is 4.79 Å². The van der Waals surface area contributed by atoms with Crippen LogP contribution in [0.2, 0.25) is 0 Å². The lowest BCUT2D eigenvalue weighted by molar-refractivity contribution is -0.118. The minimum Gasteiger partial charge on any atom is -0.497 e. The van der Waals surface area contributed by atoms with E-state index in [0.717, 1.165) is 31.1 Å². The number of piperazine rings is 1. The van der Waals surface area contributed by atoms with Crippen LogP contribution in [0.5, 0.6) is 5.75 Å². The third-order valence-electron chi connectivity index (χ3n) is 3.34. The van der Waals surface area contributed by atoms with Crippen LogP contribution in [-0.4, -0.2) is 50.1 Å². The van der Waals surface area contributed by atoms with E-state index in [2.05, 4.69) is 22.5 Å². The highest BCUT2D eigenvalue weighted by Gasteiger charge is 2.20. The predicted molar refractivity (Wildman–Crippen MR) is 82.8 cm³/mol. The summed E-state index contributed by atoms with van der Waals surface area (Å²) >= 11 is 0. The lowest BCUT2D eigenvalue weighted by Gasteiger charge is -2.33. The Kier molecular flexibility index (Phi) is 6.78. The molecule has 1 aliphatic rings. The van der Waals surface area contributed by atoms with Gasteiger partial charge in [0.25, 0.3) is 0 Å². The molecule has 0 aliphatic carbocycles. The van der Waals surface area contributed by atoms with Crippen LogP contribution in [0.25, 0.3) is 0 Å². The van der Waals surface area contributed by atoms with Gasteiger partial charge in [-0.1, -0.05) is 6.07 Å². The molecule has 1 atom stereocenters. The molecule has 1 amide bonds. The van der Waals surface area contributed by atoms with Crippen molar-refractivity contribution in [1.82, 2.24) is 10.2 Å². The van der Waals surface area contributed by atoms with Gasteiger partial charge in [-0.15, -0.1) is 12.4 Å². The Bertz CT molecular complexity index is 442. The summed E-state index contributed by atoms with van der Waals surface area (Å²) < 4.78 is 5.13. The van der Waals surface area contributed by atoms with Crippen molar-refractivity contribution < 1.29 is 9.53 Å². The Morgan fingerprint density at radius 2 is 2.35 bits per heavy atom. The predicted octanol–water partition coefficient (Wildman–Crippen LogP) is 1.35. The average Bonchev–Trinajstić information content (AvgIpc) is 2.41. The van der Waals surface area contributed by atoms with Gasteiger partial charge in [0.1, 0.15) is 5.75 Å². The molecule has 1 unspecified atom stereocenters. The molecular formula is C14H22ClN3O2. The number of hydrogen-bond donors (Lipinski definition) is 2. The molecule has 0 spiro atoms. The van der Waals surface area contributed by atoms with Crippen molar-refractivity contribution >= 4 is 24.0 Å². The first kappa shape index (κ1) is 16.8. The van der Waals surface area contributed by atoms with Gasteiger partial charge in [-0.25, -0.2) is 0 Å². The molecule has 0 radical (unpaired) electrons. The Hall–Kier alpha value is -1.30. The minimum atomic E-state index is 0. The molecule has 0 saturated carbocycles. The second-order valence-corrected chi connectivity index (χ2v) is 4.80. The molecule has 1 aliphatic heterocycles. The summed E-state index contributed by atoms with van der Waals surface area (Å²) in [5.74, 6) is 0.760. The van der Waals surface area contributed by atoms with Crippen molar-refractivity contribution in [2.45, 2.75) is 13.0 Å². The van der Waals surface area contributed by atoms with Crippen molar-refractivity contribution in [2.75, 3.05) is 38.6 Å². The smallest absolute Gasteiger partial charge is 0.238 e. The van der Waals surface area contributed by atoms with Crippen LogP contribution in [0.1, 0.15) is 6.92 Å². The Balaban J connectivity index is 0.00000200. The van der Waals surface area contributed by atoms with Crippen LogP contribution in [0.15, 0.2) is 24.3 Å². The van der Waals surface area contributed by atoms with Crippen molar-refractivity contribution in [3.05, 3.63) is 24.3 Å². The molecular weight excluding hydrogens is 278 g/mol. The first-order valence-corrected chi connectivity index (χ1v) is 6.57. The number of halogens is 1. The summed E-state index contributed by atoms with van der Waals surface area (Å²) in [6.45, 7) is 5.35. The van der Waals surface area contributed by atoms with Gasteiger partial charge in [0.2, 0.25) is 5.91 Å². The summed E-state index contributed by atoms with van der Waals surface area (Å²) in [4.78, 5) is 14.2. The zero-order chi connectivity index (χ0) is 13.7. The summed E-state index contributed by atoms with van der Waals surface area (Å²) in [7, 11) is 1.61. The molecule has 1 aromatic rings. The molecule has 1 fully saturated rings. The SMILES string of the molecule is COc1cccc(NC(=O)CN2CCNCC2C)c1.Cl. The van der Waals surface area contributed by atoms with E-state index in [1.807, 2.05) is 24.3 Å². The number of carbonyl (C=O) groups is 1. The molecule has 5 nitrogen and oxygen atoms in total. The molecule has 6 heteroatoms. The fraction of sp³-hybridized carbons (Fsp3) is 0.500. The van der Waals surface area contributed by atoms with E-state index in [1.54, 1.807) is 7.11 Å². The van der Waals surface area contributed by atoms with Gasteiger partial charge in [0.05, 0.1) is 13.7 Å². The fourth-order valence-corrected chi connectivity index (χ4v) is 2.20. The maximum Gasteiger partial charge on any atom is 0.238 e. The van der Waals surface area contributed by atoms with Gasteiger partial charge >= 0.3 is 0 Å². The Morgan fingerprint density at radius 1 is 1.55 bits per heavy atom. The Morgan fingerprint density at radius 3 is 3.05 bits per heavy atom. The zero-order valence-corrected chi connectivity index (χ0v) is 12.7. The van der Waals surface area contributed by atoms with Gasteiger partial charge < -0.3 is 15.4 Å². The number of nitrogens with one attached hydrogen (secondary N) is 2. The van der Waals surface area contributed by atoms with Gasteiger partial charge in [0.15, 0.2) is 0 Å². The van der Waals surface area contributed by atoms with Crippen molar-refractivity contribution in [3.63, 3.8) is 0 Å². The van der Waals surface area contributed by atoms with E-state index in [9.17, 15) is 4.79 Å². The van der Waals surface area contributed by atoms with Crippen LogP contribution in [0.3, 0.4) is 0 Å². The van der Waals surface area contributed by atoms with E-state index in [0.29, 0.717) is 12.6 Å². The standard InChI is InChI=1S/C14H21N3O2.ClH/c1-11-9-15-6-7-17(11)10-14(18)16-12-4-3-5-13(8-12)19-2;/h3-5,8,11,15H,6-7,9-10H2,1-2H3,(H,16,18);1H. The summed E-state index contributed by atoms with van der Waals surface area (Å²) in [6, 6.07) is 7.79. The first-order chi connectivity index (χ1) is 9.19. The van der Waals surface area contributed by atoms with Crippen LogP contribution in [0, 0.1) is 0 Å². The number of ether oxygens (including phenoxy) is 1. The third kappa shape index (κ3) is 4.67. The van der Waals surface area contributed by atoms with Crippen LogP contribution < -0.4 is 15.4 Å². The van der Waals surface area contributed by atoms with Crippen molar-refractivity contribution in [3.8, 4) is 5.75 Å². The van der Waals surface area contributed by atoms with Gasteiger partial charge in [-0.3, -0.25) is 9.69 Å². The van der Waals surface area contributed by atoms with E-state index in [-0.39, 0.29) is 18.3 Å². The van der Waals surface area contributed by atoms with Crippen LogP contribution >= 0.6 is 12.4 Å².